The van der Waals surface area contributed by atoms with Crippen LogP contribution in [0, 0.1) is 12.8 Å². The van der Waals surface area contributed by atoms with Crippen LogP contribution in [0.5, 0.6) is 5.75 Å². The summed E-state index contributed by atoms with van der Waals surface area (Å²) in [4.78, 5) is 18.8. The minimum atomic E-state index is -4.76. The summed E-state index contributed by atoms with van der Waals surface area (Å²) in [5.74, 6) is 0.620. The Morgan fingerprint density at radius 3 is 2.58 bits per heavy atom. The quantitative estimate of drug-likeness (QED) is 0.375. The SMILES string of the molecule is Cc1cc(-c2nc(-c3ccc(OC(F)(F)F)cc3)no2)nn1Cc1cccc(C(=O)N2CC(C)C2)c1. The molecule has 0 radical (unpaired) electrons. The predicted octanol–water partition coefficient (Wildman–Crippen LogP) is 4.95. The third kappa shape index (κ3) is 5.09. The van der Waals surface area contributed by atoms with Crippen LogP contribution < -0.4 is 4.74 Å². The summed E-state index contributed by atoms with van der Waals surface area (Å²) in [6.45, 7) is 6.02. The van der Waals surface area contributed by atoms with Crippen LogP contribution in [0.25, 0.3) is 23.0 Å². The number of amides is 1. The summed E-state index contributed by atoms with van der Waals surface area (Å²) in [7, 11) is 0. The van der Waals surface area contributed by atoms with E-state index in [4.69, 9.17) is 4.52 Å². The zero-order valence-electron chi connectivity index (χ0n) is 19.5. The maximum Gasteiger partial charge on any atom is 0.573 e. The summed E-state index contributed by atoms with van der Waals surface area (Å²) in [5.41, 5.74) is 3.36. The van der Waals surface area contributed by atoms with Gasteiger partial charge in [0.25, 0.3) is 11.8 Å². The van der Waals surface area contributed by atoms with Gasteiger partial charge in [-0.15, -0.1) is 13.2 Å². The first-order chi connectivity index (χ1) is 17.1. The fraction of sp³-hybridized carbons (Fsp3) is 0.280. The van der Waals surface area contributed by atoms with E-state index in [1.54, 1.807) is 10.7 Å². The van der Waals surface area contributed by atoms with Crippen molar-refractivity contribution in [3.8, 4) is 28.7 Å². The van der Waals surface area contributed by atoms with E-state index in [2.05, 4.69) is 26.9 Å². The summed E-state index contributed by atoms with van der Waals surface area (Å²) in [6.07, 6.45) is -4.76. The zero-order chi connectivity index (χ0) is 25.4. The number of carbonyl (C=O) groups excluding carboxylic acids is 1. The number of nitrogens with zero attached hydrogens (tertiary/aromatic N) is 5. The predicted molar refractivity (Wildman–Crippen MR) is 123 cm³/mol. The molecule has 0 unspecified atom stereocenters. The molecule has 3 heterocycles. The van der Waals surface area contributed by atoms with Crippen molar-refractivity contribution in [3.63, 3.8) is 0 Å². The van der Waals surface area contributed by atoms with E-state index < -0.39 is 6.36 Å². The molecule has 0 N–H and O–H groups in total. The molecule has 4 aromatic rings. The number of likely N-dealkylation sites (tertiary alicyclic amines) is 1. The van der Waals surface area contributed by atoms with E-state index in [0.717, 1.165) is 24.3 Å². The van der Waals surface area contributed by atoms with Gasteiger partial charge in [-0.05, 0) is 60.9 Å². The molecule has 0 aliphatic carbocycles. The molecular weight excluding hydrogens is 475 g/mol. The van der Waals surface area contributed by atoms with Crippen molar-refractivity contribution in [3.05, 3.63) is 71.4 Å². The Bertz CT molecular complexity index is 1390. The van der Waals surface area contributed by atoms with Gasteiger partial charge in [0.2, 0.25) is 5.82 Å². The van der Waals surface area contributed by atoms with Crippen LogP contribution in [-0.2, 0) is 6.54 Å². The van der Waals surface area contributed by atoms with Crippen LogP contribution in [-0.4, -0.2) is 50.2 Å². The zero-order valence-corrected chi connectivity index (χ0v) is 19.5. The lowest BCUT2D eigenvalue weighted by molar-refractivity contribution is -0.274. The molecular formula is C25H22F3N5O3. The van der Waals surface area contributed by atoms with Crippen LogP contribution in [0.1, 0.15) is 28.5 Å². The topological polar surface area (TPSA) is 86.3 Å². The number of hydrogen-bond acceptors (Lipinski definition) is 6. The molecule has 186 valence electrons. The molecule has 11 heteroatoms. The van der Waals surface area contributed by atoms with Gasteiger partial charge in [0, 0.05) is 29.9 Å². The van der Waals surface area contributed by atoms with Crippen LogP contribution in [0.4, 0.5) is 13.2 Å². The summed E-state index contributed by atoms with van der Waals surface area (Å²) < 4.78 is 48.1. The van der Waals surface area contributed by atoms with Gasteiger partial charge in [0.05, 0.1) is 6.54 Å². The number of alkyl halides is 3. The molecule has 2 aromatic heterocycles. The fourth-order valence-electron chi connectivity index (χ4n) is 4.05. The van der Waals surface area contributed by atoms with Crippen LogP contribution in [0.2, 0.25) is 0 Å². The molecule has 0 bridgehead atoms. The second kappa shape index (κ2) is 9.14. The van der Waals surface area contributed by atoms with Crippen molar-refractivity contribution in [1.29, 1.82) is 0 Å². The number of rotatable bonds is 6. The van der Waals surface area contributed by atoms with Gasteiger partial charge in [-0.3, -0.25) is 9.48 Å². The number of hydrogen-bond donors (Lipinski definition) is 0. The van der Waals surface area contributed by atoms with E-state index in [1.807, 2.05) is 36.1 Å². The normalized spacial score (nSPS) is 14.1. The molecule has 1 aliphatic heterocycles. The van der Waals surface area contributed by atoms with Crippen molar-refractivity contribution < 1.29 is 27.2 Å². The largest absolute Gasteiger partial charge is 0.573 e. The molecule has 36 heavy (non-hydrogen) atoms. The van der Waals surface area contributed by atoms with Crippen LogP contribution >= 0.6 is 0 Å². The third-order valence-corrected chi connectivity index (χ3v) is 5.83. The lowest BCUT2D eigenvalue weighted by atomic mass is 10.0. The summed E-state index contributed by atoms with van der Waals surface area (Å²) in [6, 6.07) is 14.5. The highest BCUT2D eigenvalue weighted by Gasteiger charge is 2.31. The van der Waals surface area contributed by atoms with Gasteiger partial charge in [-0.1, -0.05) is 24.2 Å². The van der Waals surface area contributed by atoms with E-state index >= 15 is 0 Å². The Morgan fingerprint density at radius 1 is 1.14 bits per heavy atom. The van der Waals surface area contributed by atoms with Crippen LogP contribution in [0.15, 0.2) is 59.1 Å². The Kier molecular flexibility index (Phi) is 5.99. The Labute approximate surface area is 204 Å². The number of benzene rings is 2. The molecule has 0 spiro atoms. The second-order valence-electron chi connectivity index (χ2n) is 8.84. The molecule has 1 aliphatic rings. The standard InChI is InChI=1S/C25H22F3N5O3/c1-15-12-32(13-15)24(34)19-5-3-4-17(11-19)14-33-16(2)10-21(30-33)23-29-22(31-36-23)18-6-8-20(9-7-18)35-25(26,27)28/h3-11,15H,12-14H2,1-2H3. The number of aromatic nitrogens is 4. The maximum absolute atomic E-state index is 12.7. The maximum atomic E-state index is 12.7. The van der Waals surface area contributed by atoms with Crippen molar-refractivity contribution in [1.82, 2.24) is 24.8 Å². The van der Waals surface area contributed by atoms with Gasteiger partial charge in [0.15, 0.2) is 5.69 Å². The van der Waals surface area contributed by atoms with Gasteiger partial charge in [-0.2, -0.15) is 10.1 Å². The first-order valence-corrected chi connectivity index (χ1v) is 11.3. The van der Waals surface area contributed by atoms with Gasteiger partial charge < -0.3 is 14.2 Å². The molecule has 2 aromatic carbocycles. The molecule has 1 fully saturated rings. The number of aryl methyl sites for hydroxylation is 1. The first kappa shape index (κ1) is 23.6. The van der Waals surface area contributed by atoms with Crippen molar-refractivity contribution >= 4 is 5.91 Å². The highest BCUT2D eigenvalue weighted by Crippen LogP contribution is 2.27. The van der Waals surface area contributed by atoms with Crippen molar-refractivity contribution in [2.24, 2.45) is 5.92 Å². The lowest BCUT2D eigenvalue weighted by Crippen LogP contribution is -2.48. The van der Waals surface area contributed by atoms with Gasteiger partial charge in [0.1, 0.15) is 5.75 Å². The Morgan fingerprint density at radius 2 is 1.89 bits per heavy atom. The average molecular weight is 497 g/mol. The van der Waals surface area contributed by atoms with Crippen molar-refractivity contribution in [2.45, 2.75) is 26.8 Å². The first-order valence-electron chi connectivity index (χ1n) is 11.3. The van der Waals surface area contributed by atoms with E-state index in [-0.39, 0.29) is 23.4 Å². The molecule has 1 saturated heterocycles. The van der Waals surface area contributed by atoms with Gasteiger partial charge in [-0.25, -0.2) is 0 Å². The Hall–Kier alpha value is -4.15. The van der Waals surface area contributed by atoms with E-state index in [9.17, 15) is 18.0 Å². The smallest absolute Gasteiger partial charge is 0.406 e. The molecule has 0 saturated carbocycles. The molecule has 1 amide bonds. The Balaban J connectivity index is 1.30. The number of ether oxygens (including phenoxy) is 1. The minimum Gasteiger partial charge on any atom is -0.406 e. The van der Waals surface area contributed by atoms with Gasteiger partial charge >= 0.3 is 6.36 Å². The molecule has 5 rings (SSSR count). The average Bonchev–Trinajstić information content (AvgIpc) is 3.43. The monoisotopic (exact) mass is 497 g/mol. The minimum absolute atomic E-state index is 0.0317. The third-order valence-electron chi connectivity index (χ3n) is 5.83. The lowest BCUT2D eigenvalue weighted by Gasteiger charge is -2.37. The molecule has 8 nitrogen and oxygen atoms in total. The summed E-state index contributed by atoms with van der Waals surface area (Å²) >= 11 is 0. The second-order valence-corrected chi connectivity index (χ2v) is 8.84. The van der Waals surface area contributed by atoms with E-state index in [0.29, 0.717) is 29.3 Å². The van der Waals surface area contributed by atoms with E-state index in [1.165, 1.54) is 24.3 Å². The summed E-state index contributed by atoms with van der Waals surface area (Å²) in [5, 5.41) is 8.48. The highest BCUT2D eigenvalue weighted by atomic mass is 19.4. The number of halogens is 3. The fourth-order valence-corrected chi connectivity index (χ4v) is 4.05. The highest BCUT2D eigenvalue weighted by molar-refractivity contribution is 5.94. The molecule has 0 atom stereocenters. The van der Waals surface area contributed by atoms with Crippen molar-refractivity contribution in [2.75, 3.05) is 13.1 Å². The number of carbonyl (C=O) groups is 1. The van der Waals surface area contributed by atoms with Crippen LogP contribution in [0.3, 0.4) is 0 Å².